The van der Waals surface area contributed by atoms with E-state index in [-0.39, 0.29) is 24.0 Å². The molecule has 0 spiro atoms. The second kappa shape index (κ2) is 9.90. The first-order chi connectivity index (χ1) is 13.0. The summed E-state index contributed by atoms with van der Waals surface area (Å²) in [6.45, 7) is 6.95. The van der Waals surface area contributed by atoms with Crippen LogP contribution in [-0.2, 0) is 14.3 Å². The van der Waals surface area contributed by atoms with Crippen molar-refractivity contribution in [1.29, 1.82) is 0 Å². The van der Waals surface area contributed by atoms with Gasteiger partial charge in [-0.1, -0.05) is 32.1 Å². The van der Waals surface area contributed by atoms with Gasteiger partial charge >= 0.3 is 0 Å². The third kappa shape index (κ3) is 5.94. The maximum Gasteiger partial charge on any atom is 0.225 e. The van der Waals surface area contributed by atoms with Gasteiger partial charge in [-0.05, 0) is 45.4 Å². The van der Waals surface area contributed by atoms with Crippen LogP contribution in [0.3, 0.4) is 0 Å². The number of morpholine rings is 1. The molecule has 0 aromatic heterocycles. The standard InChI is InChI=1S/C22H38N2O3/c1-17-15-24(16-18(2)27-17)22(26)20-11-13-23(14-12-20)21(25)10-6-9-19-7-4-3-5-8-19/h17-20H,3-16H2,1-2H3. The molecule has 154 valence electrons. The van der Waals surface area contributed by atoms with Crippen LogP contribution < -0.4 is 0 Å². The van der Waals surface area contributed by atoms with Gasteiger partial charge in [0.25, 0.3) is 0 Å². The minimum absolute atomic E-state index is 0.0776. The Morgan fingerprint density at radius 1 is 0.889 bits per heavy atom. The van der Waals surface area contributed by atoms with E-state index in [0.717, 1.165) is 38.3 Å². The molecule has 5 heteroatoms. The lowest BCUT2D eigenvalue weighted by atomic mass is 9.86. The highest BCUT2D eigenvalue weighted by Gasteiger charge is 2.33. The predicted molar refractivity (Wildman–Crippen MR) is 106 cm³/mol. The summed E-state index contributed by atoms with van der Waals surface area (Å²) in [6.07, 6.45) is 11.7. The predicted octanol–water partition coefficient (Wildman–Crippen LogP) is 3.61. The zero-order chi connectivity index (χ0) is 19.2. The highest BCUT2D eigenvalue weighted by atomic mass is 16.5. The van der Waals surface area contributed by atoms with Gasteiger partial charge in [-0.25, -0.2) is 0 Å². The Kier molecular flexibility index (Phi) is 7.57. The van der Waals surface area contributed by atoms with Crippen LogP contribution in [0.5, 0.6) is 0 Å². The summed E-state index contributed by atoms with van der Waals surface area (Å²) >= 11 is 0. The van der Waals surface area contributed by atoms with Crippen LogP contribution in [0.2, 0.25) is 0 Å². The molecule has 1 aliphatic carbocycles. The van der Waals surface area contributed by atoms with E-state index in [1.165, 1.54) is 38.5 Å². The van der Waals surface area contributed by atoms with Crippen LogP contribution in [0, 0.1) is 11.8 Å². The summed E-state index contributed by atoms with van der Waals surface area (Å²) in [6, 6.07) is 0. The summed E-state index contributed by atoms with van der Waals surface area (Å²) < 4.78 is 5.74. The van der Waals surface area contributed by atoms with Gasteiger partial charge < -0.3 is 14.5 Å². The minimum Gasteiger partial charge on any atom is -0.372 e. The van der Waals surface area contributed by atoms with Crippen molar-refractivity contribution in [3.63, 3.8) is 0 Å². The van der Waals surface area contributed by atoms with Gasteiger partial charge in [-0.15, -0.1) is 0 Å². The Bertz CT molecular complexity index is 486. The fraction of sp³-hybridized carbons (Fsp3) is 0.909. The minimum atomic E-state index is 0.0776. The van der Waals surface area contributed by atoms with E-state index < -0.39 is 0 Å². The third-order valence-corrected chi connectivity index (χ3v) is 6.66. The Morgan fingerprint density at radius 3 is 2.15 bits per heavy atom. The molecule has 2 amide bonds. The molecule has 0 aromatic carbocycles. The number of amides is 2. The SMILES string of the molecule is CC1CN(C(=O)C2CCN(C(=O)CCCC3CCCCC3)CC2)CC(C)O1. The quantitative estimate of drug-likeness (QED) is 0.734. The monoisotopic (exact) mass is 378 g/mol. The molecule has 3 aliphatic rings. The molecule has 0 N–H and O–H groups in total. The van der Waals surface area contributed by atoms with Crippen molar-refractivity contribution in [1.82, 2.24) is 9.80 Å². The molecule has 0 aromatic rings. The number of carbonyl (C=O) groups is 2. The average molecular weight is 379 g/mol. The fourth-order valence-corrected chi connectivity index (χ4v) is 5.17. The van der Waals surface area contributed by atoms with Crippen LogP contribution in [-0.4, -0.2) is 60.0 Å². The molecule has 2 atom stereocenters. The van der Waals surface area contributed by atoms with Gasteiger partial charge in [0.15, 0.2) is 0 Å². The molecule has 2 unspecified atom stereocenters. The van der Waals surface area contributed by atoms with E-state index in [0.29, 0.717) is 25.4 Å². The molecule has 27 heavy (non-hydrogen) atoms. The van der Waals surface area contributed by atoms with Crippen LogP contribution >= 0.6 is 0 Å². The van der Waals surface area contributed by atoms with Crippen LogP contribution in [0.1, 0.15) is 78.1 Å². The molecule has 0 radical (unpaired) electrons. The normalized spacial score (nSPS) is 28.4. The third-order valence-electron chi connectivity index (χ3n) is 6.66. The van der Waals surface area contributed by atoms with Crippen molar-refractivity contribution in [2.45, 2.75) is 90.3 Å². The topological polar surface area (TPSA) is 49.9 Å². The number of ether oxygens (including phenoxy) is 1. The highest BCUT2D eigenvalue weighted by molar-refractivity contribution is 5.80. The second-order valence-corrected chi connectivity index (χ2v) is 9.05. The number of piperidine rings is 1. The van der Waals surface area contributed by atoms with Crippen LogP contribution in [0.4, 0.5) is 0 Å². The van der Waals surface area contributed by atoms with E-state index in [4.69, 9.17) is 4.74 Å². The van der Waals surface area contributed by atoms with E-state index in [1.807, 2.05) is 23.6 Å². The van der Waals surface area contributed by atoms with Crippen molar-refractivity contribution < 1.29 is 14.3 Å². The van der Waals surface area contributed by atoms with Crippen molar-refractivity contribution in [3.8, 4) is 0 Å². The first kappa shape index (κ1) is 20.6. The molecule has 2 heterocycles. The van der Waals surface area contributed by atoms with Gasteiger partial charge in [-0.2, -0.15) is 0 Å². The summed E-state index contributed by atoms with van der Waals surface area (Å²) in [7, 11) is 0. The summed E-state index contributed by atoms with van der Waals surface area (Å²) in [5, 5.41) is 0. The molecule has 0 bridgehead atoms. The first-order valence-corrected chi connectivity index (χ1v) is 11.2. The lowest BCUT2D eigenvalue weighted by Gasteiger charge is -2.39. The Morgan fingerprint density at radius 2 is 1.52 bits per heavy atom. The van der Waals surface area contributed by atoms with Crippen molar-refractivity contribution in [3.05, 3.63) is 0 Å². The summed E-state index contributed by atoms with van der Waals surface area (Å²) in [5.41, 5.74) is 0. The number of hydrogen-bond acceptors (Lipinski definition) is 3. The molecule has 3 rings (SSSR count). The molecular formula is C22H38N2O3. The number of nitrogens with zero attached hydrogens (tertiary/aromatic N) is 2. The fourth-order valence-electron chi connectivity index (χ4n) is 5.17. The van der Waals surface area contributed by atoms with Gasteiger partial charge in [0.1, 0.15) is 0 Å². The summed E-state index contributed by atoms with van der Waals surface area (Å²) in [4.78, 5) is 29.3. The Hall–Kier alpha value is -1.10. The van der Waals surface area contributed by atoms with Gasteiger partial charge in [-0.3, -0.25) is 9.59 Å². The highest BCUT2D eigenvalue weighted by Crippen LogP contribution is 2.28. The Labute approximate surface area is 164 Å². The van der Waals surface area contributed by atoms with E-state index in [2.05, 4.69) is 0 Å². The molecule has 5 nitrogen and oxygen atoms in total. The lowest BCUT2D eigenvalue weighted by molar-refractivity contribution is -0.150. The maximum atomic E-state index is 12.8. The van der Waals surface area contributed by atoms with E-state index in [1.54, 1.807) is 0 Å². The van der Waals surface area contributed by atoms with Crippen molar-refractivity contribution >= 4 is 11.8 Å². The molecule has 2 aliphatic heterocycles. The second-order valence-electron chi connectivity index (χ2n) is 9.05. The van der Waals surface area contributed by atoms with E-state index >= 15 is 0 Å². The summed E-state index contributed by atoms with van der Waals surface area (Å²) in [5.74, 6) is 1.49. The maximum absolute atomic E-state index is 12.8. The zero-order valence-corrected chi connectivity index (χ0v) is 17.3. The molecule has 2 saturated heterocycles. The molecule has 3 fully saturated rings. The van der Waals surface area contributed by atoms with Crippen LogP contribution in [0.25, 0.3) is 0 Å². The number of likely N-dealkylation sites (tertiary alicyclic amines) is 1. The number of hydrogen-bond donors (Lipinski definition) is 0. The number of rotatable bonds is 5. The smallest absolute Gasteiger partial charge is 0.225 e. The zero-order valence-electron chi connectivity index (χ0n) is 17.3. The lowest BCUT2D eigenvalue weighted by Crippen LogP contribution is -2.51. The number of carbonyl (C=O) groups excluding carboxylic acids is 2. The van der Waals surface area contributed by atoms with Crippen molar-refractivity contribution in [2.24, 2.45) is 11.8 Å². The first-order valence-electron chi connectivity index (χ1n) is 11.2. The molecular weight excluding hydrogens is 340 g/mol. The average Bonchev–Trinajstić information content (AvgIpc) is 2.67. The van der Waals surface area contributed by atoms with Crippen molar-refractivity contribution in [2.75, 3.05) is 26.2 Å². The van der Waals surface area contributed by atoms with Crippen LogP contribution in [0.15, 0.2) is 0 Å². The Balaban J connectivity index is 1.36. The van der Waals surface area contributed by atoms with E-state index in [9.17, 15) is 9.59 Å². The van der Waals surface area contributed by atoms with Gasteiger partial charge in [0.2, 0.25) is 11.8 Å². The van der Waals surface area contributed by atoms with Gasteiger partial charge in [0.05, 0.1) is 12.2 Å². The molecule has 1 saturated carbocycles. The largest absolute Gasteiger partial charge is 0.372 e. The van der Waals surface area contributed by atoms with Gasteiger partial charge in [0, 0.05) is 38.5 Å².